The maximum atomic E-state index is 12.9. The number of tetrazole rings is 1. The van der Waals surface area contributed by atoms with E-state index in [1.165, 1.54) is 16.9 Å². The van der Waals surface area contributed by atoms with Crippen LogP contribution in [0.4, 0.5) is 4.39 Å². The Bertz CT molecular complexity index is 873. The van der Waals surface area contributed by atoms with Crippen molar-refractivity contribution in [1.29, 1.82) is 0 Å². The second-order valence-corrected chi connectivity index (χ2v) is 5.91. The van der Waals surface area contributed by atoms with Gasteiger partial charge in [-0.25, -0.2) is 4.39 Å². The third-order valence-corrected chi connectivity index (χ3v) is 3.83. The Balaban J connectivity index is 1.47. The molecule has 0 aliphatic rings. The smallest absolute Gasteiger partial charge is 0.220 e. The summed E-state index contributed by atoms with van der Waals surface area (Å²) in [5.74, 6) is 0.715. The molecule has 9 nitrogen and oxygen atoms in total. The number of carbonyl (C=O) groups is 1. The number of rotatable bonds is 7. The number of halogens is 1. The molecule has 0 saturated carbocycles. The summed E-state index contributed by atoms with van der Waals surface area (Å²) in [5, 5.41) is 22.8. The number of nitrogens with one attached hydrogen (secondary N) is 1. The summed E-state index contributed by atoms with van der Waals surface area (Å²) in [6, 6.07) is 5.66. The van der Waals surface area contributed by atoms with E-state index in [-0.39, 0.29) is 17.8 Å². The van der Waals surface area contributed by atoms with Crippen LogP contribution in [0.1, 0.15) is 31.6 Å². The molecular weight excluding hydrogens is 339 g/mol. The lowest BCUT2D eigenvalue weighted by Gasteiger charge is -2.12. The number of hydrogen-bond donors (Lipinski definition) is 1. The number of amides is 1. The molecule has 1 aromatic carbocycles. The SMILES string of the molecule is C[C@H](NC(=O)CCCn1nnc(-c2ccc(F)cc2)n1)c1nncn1C. The van der Waals surface area contributed by atoms with Gasteiger partial charge in [0, 0.05) is 19.0 Å². The van der Waals surface area contributed by atoms with Crippen molar-refractivity contribution in [2.45, 2.75) is 32.4 Å². The van der Waals surface area contributed by atoms with Crippen LogP contribution >= 0.6 is 0 Å². The molecule has 0 fully saturated rings. The van der Waals surface area contributed by atoms with Gasteiger partial charge in [0.15, 0.2) is 5.82 Å². The van der Waals surface area contributed by atoms with Crippen LogP contribution in [0.5, 0.6) is 0 Å². The van der Waals surface area contributed by atoms with E-state index in [1.54, 1.807) is 23.0 Å². The fourth-order valence-electron chi connectivity index (χ4n) is 2.50. The largest absolute Gasteiger partial charge is 0.346 e. The number of aryl methyl sites for hydroxylation is 2. The van der Waals surface area contributed by atoms with Crippen LogP contribution in [-0.2, 0) is 18.4 Å². The first-order valence-corrected chi connectivity index (χ1v) is 8.20. The monoisotopic (exact) mass is 358 g/mol. The molecule has 0 radical (unpaired) electrons. The highest BCUT2D eigenvalue weighted by Gasteiger charge is 2.14. The van der Waals surface area contributed by atoms with E-state index in [1.807, 2.05) is 14.0 Å². The van der Waals surface area contributed by atoms with Gasteiger partial charge in [0.2, 0.25) is 11.7 Å². The van der Waals surface area contributed by atoms with Gasteiger partial charge in [-0.05, 0) is 42.8 Å². The molecule has 1 amide bonds. The van der Waals surface area contributed by atoms with Crippen molar-refractivity contribution in [3.05, 3.63) is 42.2 Å². The van der Waals surface area contributed by atoms with Crippen LogP contribution in [0.2, 0.25) is 0 Å². The molecule has 136 valence electrons. The Morgan fingerprint density at radius 3 is 2.73 bits per heavy atom. The number of aromatic nitrogens is 7. The van der Waals surface area contributed by atoms with Crippen LogP contribution < -0.4 is 5.32 Å². The van der Waals surface area contributed by atoms with Gasteiger partial charge in [-0.15, -0.1) is 20.4 Å². The standard InChI is InChI=1S/C16H19FN8O/c1-11(16-21-18-10-24(16)2)19-14(26)4-3-9-25-22-15(20-23-25)12-5-7-13(17)8-6-12/h5-8,10-11H,3-4,9H2,1-2H3,(H,19,26)/t11-/m0/s1. The van der Waals surface area contributed by atoms with E-state index in [4.69, 9.17) is 0 Å². The average Bonchev–Trinajstić information content (AvgIpc) is 3.24. The molecule has 0 aliphatic carbocycles. The highest BCUT2D eigenvalue weighted by Crippen LogP contribution is 2.14. The Hall–Kier alpha value is -3.17. The molecule has 0 spiro atoms. The van der Waals surface area contributed by atoms with Crippen LogP contribution in [0.3, 0.4) is 0 Å². The van der Waals surface area contributed by atoms with E-state index < -0.39 is 0 Å². The molecule has 0 saturated heterocycles. The van der Waals surface area contributed by atoms with E-state index in [2.05, 4.69) is 30.9 Å². The van der Waals surface area contributed by atoms with E-state index in [0.29, 0.717) is 36.6 Å². The lowest BCUT2D eigenvalue weighted by molar-refractivity contribution is -0.121. The van der Waals surface area contributed by atoms with Crippen LogP contribution in [0.15, 0.2) is 30.6 Å². The van der Waals surface area contributed by atoms with Crippen molar-refractivity contribution in [3.8, 4) is 11.4 Å². The quantitative estimate of drug-likeness (QED) is 0.682. The van der Waals surface area contributed by atoms with E-state index >= 15 is 0 Å². The highest BCUT2D eigenvalue weighted by atomic mass is 19.1. The van der Waals surface area contributed by atoms with Crippen molar-refractivity contribution >= 4 is 5.91 Å². The van der Waals surface area contributed by atoms with Gasteiger partial charge >= 0.3 is 0 Å². The van der Waals surface area contributed by atoms with Gasteiger partial charge in [0.25, 0.3) is 0 Å². The summed E-state index contributed by atoms with van der Waals surface area (Å²) in [4.78, 5) is 13.5. The summed E-state index contributed by atoms with van der Waals surface area (Å²) in [7, 11) is 1.83. The van der Waals surface area contributed by atoms with Gasteiger partial charge in [0.05, 0.1) is 12.6 Å². The first-order chi connectivity index (χ1) is 12.5. The Kier molecular flexibility index (Phi) is 5.30. The topological polar surface area (TPSA) is 103 Å². The molecule has 1 N–H and O–H groups in total. The van der Waals surface area contributed by atoms with E-state index in [0.717, 1.165) is 0 Å². The maximum Gasteiger partial charge on any atom is 0.220 e. The molecule has 0 bridgehead atoms. The molecule has 3 aromatic rings. The third kappa shape index (κ3) is 4.26. The number of nitrogens with zero attached hydrogens (tertiary/aromatic N) is 7. The molecule has 2 heterocycles. The maximum absolute atomic E-state index is 12.9. The Morgan fingerprint density at radius 2 is 2.04 bits per heavy atom. The molecule has 3 rings (SSSR count). The molecule has 0 unspecified atom stereocenters. The van der Waals surface area contributed by atoms with Crippen molar-refractivity contribution in [2.75, 3.05) is 0 Å². The van der Waals surface area contributed by atoms with Gasteiger partial charge < -0.3 is 9.88 Å². The first-order valence-electron chi connectivity index (χ1n) is 8.20. The number of carbonyl (C=O) groups excluding carboxylic acids is 1. The lowest BCUT2D eigenvalue weighted by atomic mass is 10.2. The van der Waals surface area contributed by atoms with Crippen molar-refractivity contribution < 1.29 is 9.18 Å². The van der Waals surface area contributed by atoms with Gasteiger partial charge in [0.1, 0.15) is 12.1 Å². The highest BCUT2D eigenvalue weighted by molar-refractivity contribution is 5.76. The van der Waals surface area contributed by atoms with Crippen LogP contribution in [-0.4, -0.2) is 40.9 Å². The summed E-state index contributed by atoms with van der Waals surface area (Å²) < 4.78 is 14.7. The Labute approximate surface area is 149 Å². The van der Waals surface area contributed by atoms with Gasteiger partial charge in [-0.1, -0.05) is 0 Å². The molecular formula is C16H19FN8O. The molecule has 2 aromatic heterocycles. The lowest BCUT2D eigenvalue weighted by Crippen LogP contribution is -2.28. The minimum absolute atomic E-state index is 0.0839. The predicted octanol–water partition coefficient (Wildman–Crippen LogP) is 1.27. The summed E-state index contributed by atoms with van der Waals surface area (Å²) in [5.41, 5.74) is 0.688. The van der Waals surface area contributed by atoms with Gasteiger partial charge in [-0.2, -0.15) is 4.80 Å². The fraction of sp³-hybridized carbons (Fsp3) is 0.375. The zero-order valence-electron chi connectivity index (χ0n) is 14.5. The van der Waals surface area contributed by atoms with Crippen molar-refractivity contribution in [1.82, 2.24) is 40.3 Å². The summed E-state index contributed by atoms with van der Waals surface area (Å²) in [6.45, 7) is 2.32. The number of benzene rings is 1. The average molecular weight is 358 g/mol. The second kappa shape index (κ2) is 7.81. The second-order valence-electron chi connectivity index (χ2n) is 5.91. The predicted molar refractivity (Wildman–Crippen MR) is 90.0 cm³/mol. The Morgan fingerprint density at radius 1 is 1.27 bits per heavy atom. The van der Waals surface area contributed by atoms with Crippen molar-refractivity contribution in [3.63, 3.8) is 0 Å². The fourth-order valence-corrected chi connectivity index (χ4v) is 2.50. The number of hydrogen-bond acceptors (Lipinski definition) is 6. The van der Waals surface area contributed by atoms with Gasteiger partial charge in [-0.3, -0.25) is 4.79 Å². The van der Waals surface area contributed by atoms with Crippen molar-refractivity contribution in [2.24, 2.45) is 7.05 Å². The third-order valence-electron chi connectivity index (χ3n) is 3.83. The minimum Gasteiger partial charge on any atom is -0.346 e. The normalized spacial score (nSPS) is 12.1. The molecule has 10 heteroatoms. The first kappa shape index (κ1) is 17.6. The summed E-state index contributed by atoms with van der Waals surface area (Å²) >= 11 is 0. The molecule has 26 heavy (non-hydrogen) atoms. The zero-order valence-corrected chi connectivity index (χ0v) is 14.5. The summed E-state index contributed by atoms with van der Waals surface area (Å²) in [6.07, 6.45) is 2.49. The van der Waals surface area contributed by atoms with E-state index in [9.17, 15) is 9.18 Å². The minimum atomic E-state index is -0.317. The zero-order chi connectivity index (χ0) is 18.5. The van der Waals surface area contributed by atoms with Crippen LogP contribution in [0, 0.1) is 5.82 Å². The molecule has 0 aliphatic heterocycles. The molecule has 1 atom stereocenters. The van der Waals surface area contributed by atoms with Crippen LogP contribution in [0.25, 0.3) is 11.4 Å².